The van der Waals surface area contributed by atoms with Gasteiger partial charge in [-0.1, -0.05) is 13.8 Å². The molecule has 1 aromatic heterocycles. The van der Waals surface area contributed by atoms with Crippen molar-refractivity contribution in [3.63, 3.8) is 0 Å². The van der Waals surface area contributed by atoms with E-state index in [-0.39, 0.29) is 0 Å². The first-order valence-electron chi connectivity index (χ1n) is 7.12. The molecule has 1 heterocycles. The van der Waals surface area contributed by atoms with Crippen molar-refractivity contribution < 1.29 is 0 Å². The van der Waals surface area contributed by atoms with Crippen molar-refractivity contribution in [2.24, 2.45) is 23.5 Å². The lowest BCUT2D eigenvalue weighted by molar-refractivity contribution is 0.127. The van der Waals surface area contributed by atoms with Gasteiger partial charge in [0.15, 0.2) is 0 Å². The number of hydrogen-bond acceptors (Lipinski definition) is 3. The van der Waals surface area contributed by atoms with Crippen LogP contribution in [-0.4, -0.2) is 24.5 Å². The Labute approximate surface area is 129 Å². The van der Waals surface area contributed by atoms with Gasteiger partial charge < -0.3 is 10.6 Å². The van der Waals surface area contributed by atoms with E-state index in [4.69, 9.17) is 5.73 Å². The van der Waals surface area contributed by atoms with Crippen molar-refractivity contribution in [3.8, 4) is 0 Å². The molecule has 1 aliphatic rings. The Morgan fingerprint density at radius 3 is 2.74 bits per heavy atom. The second-order valence-electron chi connectivity index (χ2n) is 6.34. The van der Waals surface area contributed by atoms with Crippen molar-refractivity contribution in [2.45, 2.75) is 39.3 Å². The van der Waals surface area contributed by atoms with Crippen LogP contribution >= 0.6 is 27.3 Å². The smallest absolute Gasteiger partial charge is 0.0701 e. The van der Waals surface area contributed by atoms with E-state index in [1.807, 2.05) is 0 Å². The van der Waals surface area contributed by atoms with Gasteiger partial charge in [-0.25, -0.2) is 0 Å². The molecule has 2 rings (SSSR count). The number of nitrogens with zero attached hydrogens (tertiary/aromatic N) is 1. The van der Waals surface area contributed by atoms with Crippen molar-refractivity contribution in [3.05, 3.63) is 20.8 Å². The summed E-state index contributed by atoms with van der Waals surface area (Å²) in [6.07, 6.45) is 2.52. The molecule has 4 atom stereocenters. The molecular formula is C15H25BrN2S. The Balaban J connectivity index is 1.89. The fourth-order valence-electron chi connectivity index (χ4n) is 3.45. The lowest BCUT2D eigenvalue weighted by atomic mass is 9.72. The van der Waals surface area contributed by atoms with Gasteiger partial charge in [0, 0.05) is 19.1 Å². The van der Waals surface area contributed by atoms with Crippen LogP contribution in [0.25, 0.3) is 0 Å². The Hall–Kier alpha value is 0.1000. The minimum Gasteiger partial charge on any atom is -0.327 e. The Morgan fingerprint density at radius 1 is 1.42 bits per heavy atom. The van der Waals surface area contributed by atoms with Crippen LogP contribution in [0.4, 0.5) is 0 Å². The first-order chi connectivity index (χ1) is 8.95. The predicted molar refractivity (Wildman–Crippen MR) is 87.4 cm³/mol. The highest BCUT2D eigenvalue weighted by atomic mass is 79.9. The van der Waals surface area contributed by atoms with Gasteiger partial charge >= 0.3 is 0 Å². The number of thiophene rings is 1. The molecule has 1 fully saturated rings. The zero-order valence-electron chi connectivity index (χ0n) is 12.1. The third-order valence-electron chi connectivity index (χ3n) is 4.33. The summed E-state index contributed by atoms with van der Waals surface area (Å²) in [6, 6.07) is 2.59. The molecule has 1 aliphatic carbocycles. The molecule has 0 radical (unpaired) electrons. The molecule has 1 saturated carbocycles. The van der Waals surface area contributed by atoms with Gasteiger partial charge in [0.2, 0.25) is 0 Å². The quantitative estimate of drug-likeness (QED) is 0.895. The summed E-state index contributed by atoms with van der Waals surface area (Å²) in [5.74, 6) is 2.18. The molecule has 4 unspecified atom stereocenters. The van der Waals surface area contributed by atoms with Crippen molar-refractivity contribution >= 4 is 27.3 Å². The lowest BCUT2D eigenvalue weighted by Gasteiger charge is -2.39. The topological polar surface area (TPSA) is 29.3 Å². The van der Waals surface area contributed by atoms with Crippen LogP contribution in [0.1, 0.15) is 32.3 Å². The third-order valence-corrected chi connectivity index (χ3v) is 5.88. The molecule has 19 heavy (non-hydrogen) atoms. The van der Waals surface area contributed by atoms with Crippen LogP contribution in [0.5, 0.6) is 0 Å². The molecule has 108 valence electrons. The molecule has 0 bridgehead atoms. The first kappa shape index (κ1) is 15.5. The van der Waals surface area contributed by atoms with Crippen LogP contribution in [0.15, 0.2) is 15.2 Å². The summed E-state index contributed by atoms with van der Waals surface area (Å²) in [7, 11) is 2.21. The Morgan fingerprint density at radius 2 is 2.16 bits per heavy atom. The molecular weight excluding hydrogens is 320 g/mol. The number of halogens is 1. The van der Waals surface area contributed by atoms with Crippen LogP contribution in [0, 0.1) is 17.8 Å². The summed E-state index contributed by atoms with van der Waals surface area (Å²) in [4.78, 5) is 2.42. The van der Waals surface area contributed by atoms with Crippen LogP contribution in [-0.2, 0) is 6.54 Å². The zero-order chi connectivity index (χ0) is 14.0. The summed E-state index contributed by atoms with van der Waals surface area (Å²) >= 11 is 5.29. The van der Waals surface area contributed by atoms with E-state index >= 15 is 0 Å². The summed E-state index contributed by atoms with van der Waals surface area (Å²) in [6.45, 7) is 6.84. The van der Waals surface area contributed by atoms with Gasteiger partial charge in [0.25, 0.3) is 0 Å². The molecule has 4 heteroatoms. The van der Waals surface area contributed by atoms with Crippen molar-refractivity contribution in [2.75, 3.05) is 13.6 Å². The molecule has 0 amide bonds. The van der Waals surface area contributed by atoms with Gasteiger partial charge in [-0.2, -0.15) is 0 Å². The maximum absolute atomic E-state index is 6.37. The molecule has 0 aromatic carbocycles. The average molecular weight is 345 g/mol. The van der Waals surface area contributed by atoms with Gasteiger partial charge in [-0.05, 0) is 70.6 Å². The SMILES string of the molecule is CC1CC(C)C(CN(C)Cc2csc(Br)c2)C(N)C1. The highest BCUT2D eigenvalue weighted by Gasteiger charge is 2.32. The fourth-order valence-corrected chi connectivity index (χ4v) is 4.65. The standard InChI is InChI=1S/C15H25BrN2S/c1-10-4-11(2)13(14(17)5-10)8-18(3)7-12-6-15(16)19-9-12/h6,9-11,13-14H,4-5,7-8,17H2,1-3H3. The van der Waals surface area contributed by atoms with Gasteiger partial charge in [-0.15, -0.1) is 11.3 Å². The third kappa shape index (κ3) is 4.28. The van der Waals surface area contributed by atoms with E-state index < -0.39 is 0 Å². The van der Waals surface area contributed by atoms with Crippen molar-refractivity contribution in [1.29, 1.82) is 0 Å². The monoisotopic (exact) mass is 344 g/mol. The second-order valence-corrected chi connectivity index (χ2v) is 8.63. The molecule has 2 nitrogen and oxygen atoms in total. The number of hydrogen-bond donors (Lipinski definition) is 1. The number of nitrogens with two attached hydrogens (primary N) is 1. The molecule has 0 aliphatic heterocycles. The van der Waals surface area contributed by atoms with Gasteiger partial charge in [-0.3, -0.25) is 0 Å². The zero-order valence-corrected chi connectivity index (χ0v) is 14.5. The Bertz CT molecular complexity index is 395. The Kier molecular flexibility index (Phi) is 5.46. The first-order valence-corrected chi connectivity index (χ1v) is 8.80. The molecule has 1 aromatic rings. The molecule has 0 saturated heterocycles. The molecule has 0 spiro atoms. The van der Waals surface area contributed by atoms with E-state index in [1.54, 1.807) is 11.3 Å². The average Bonchev–Trinajstić information content (AvgIpc) is 2.69. The predicted octanol–water partition coefficient (Wildman–Crippen LogP) is 3.95. The van der Waals surface area contributed by atoms with Crippen molar-refractivity contribution in [1.82, 2.24) is 4.90 Å². The minimum absolute atomic E-state index is 0.371. The van der Waals surface area contributed by atoms with Crippen LogP contribution < -0.4 is 5.73 Å². The summed E-state index contributed by atoms with van der Waals surface area (Å²) in [5.41, 5.74) is 7.77. The van der Waals surface area contributed by atoms with E-state index in [9.17, 15) is 0 Å². The van der Waals surface area contributed by atoms with Crippen LogP contribution in [0.2, 0.25) is 0 Å². The van der Waals surface area contributed by atoms with E-state index in [1.165, 1.54) is 22.2 Å². The summed E-state index contributed by atoms with van der Waals surface area (Å²) in [5, 5.41) is 2.23. The van der Waals surface area contributed by atoms with Gasteiger partial charge in [0.1, 0.15) is 0 Å². The minimum atomic E-state index is 0.371. The van der Waals surface area contributed by atoms with E-state index in [0.717, 1.165) is 24.9 Å². The van der Waals surface area contributed by atoms with E-state index in [0.29, 0.717) is 12.0 Å². The summed E-state index contributed by atoms with van der Waals surface area (Å²) < 4.78 is 1.22. The molecule has 2 N–H and O–H groups in total. The maximum atomic E-state index is 6.37. The normalized spacial score (nSPS) is 31.9. The lowest BCUT2D eigenvalue weighted by Crippen LogP contribution is -2.45. The second kappa shape index (κ2) is 6.70. The number of rotatable bonds is 4. The van der Waals surface area contributed by atoms with Crippen LogP contribution in [0.3, 0.4) is 0 Å². The van der Waals surface area contributed by atoms with E-state index in [2.05, 4.69) is 53.2 Å². The largest absolute Gasteiger partial charge is 0.327 e. The van der Waals surface area contributed by atoms with Gasteiger partial charge in [0.05, 0.1) is 3.79 Å². The highest BCUT2D eigenvalue weighted by Crippen LogP contribution is 2.33. The highest BCUT2D eigenvalue weighted by molar-refractivity contribution is 9.11. The fraction of sp³-hybridized carbons (Fsp3) is 0.733. The maximum Gasteiger partial charge on any atom is 0.0701 e.